The summed E-state index contributed by atoms with van der Waals surface area (Å²) in [5.74, 6) is -0.833. The van der Waals surface area contributed by atoms with Crippen molar-refractivity contribution in [3.63, 3.8) is 0 Å². The molecule has 1 aliphatic heterocycles. The number of nitrogens with one attached hydrogen (secondary N) is 2. The van der Waals surface area contributed by atoms with Crippen LogP contribution in [0.2, 0.25) is 0 Å². The molecule has 0 fully saturated rings. The number of aromatic amines is 1. The summed E-state index contributed by atoms with van der Waals surface area (Å²) in [6, 6.07) is 28.3. The van der Waals surface area contributed by atoms with Crippen molar-refractivity contribution in [2.24, 2.45) is 0 Å². The quantitative estimate of drug-likeness (QED) is 0.481. The van der Waals surface area contributed by atoms with E-state index in [1.54, 1.807) is 4.90 Å². The highest BCUT2D eigenvalue weighted by Crippen LogP contribution is 2.30. The summed E-state index contributed by atoms with van der Waals surface area (Å²) in [7, 11) is 0. The second-order valence-corrected chi connectivity index (χ2v) is 7.67. The normalized spacial score (nSPS) is 14.8. The van der Waals surface area contributed by atoms with Gasteiger partial charge in [0.1, 0.15) is 5.69 Å². The highest BCUT2D eigenvalue weighted by atomic mass is 16.4. The Morgan fingerprint density at radius 1 is 0.967 bits per heavy atom. The van der Waals surface area contributed by atoms with Crippen LogP contribution in [0.4, 0.5) is 5.69 Å². The predicted octanol–water partition coefficient (Wildman–Crippen LogP) is 4.24. The van der Waals surface area contributed by atoms with E-state index in [1.165, 1.54) is 51.9 Å². The fourth-order valence-corrected chi connectivity index (χ4v) is 4.35. The maximum Gasteiger partial charge on any atom is 0.300 e. The first kappa shape index (κ1) is 19.9. The zero-order chi connectivity index (χ0) is 20.9. The molecule has 0 radical (unpaired) electrons. The minimum absolute atomic E-state index is 0.833. The van der Waals surface area contributed by atoms with Crippen LogP contribution in [0.3, 0.4) is 0 Å². The first-order valence-corrected chi connectivity index (χ1v) is 10.4. The number of carbonyl (C=O) groups is 1. The molecule has 1 aliphatic rings. The van der Waals surface area contributed by atoms with Crippen LogP contribution in [0, 0.1) is 0 Å². The zero-order valence-electron chi connectivity index (χ0n) is 17.2. The highest BCUT2D eigenvalue weighted by molar-refractivity contribution is 5.90. The molecular weight excluding hydrogens is 372 g/mol. The summed E-state index contributed by atoms with van der Waals surface area (Å²) in [4.78, 5) is 14.3. The van der Waals surface area contributed by atoms with E-state index < -0.39 is 5.97 Å². The second-order valence-electron chi connectivity index (χ2n) is 7.67. The van der Waals surface area contributed by atoms with Crippen LogP contribution in [0.1, 0.15) is 18.1 Å². The number of quaternary nitrogens is 1. The minimum Gasteiger partial charge on any atom is -0.481 e. The van der Waals surface area contributed by atoms with Crippen LogP contribution in [0.25, 0.3) is 22.2 Å². The second kappa shape index (κ2) is 8.97. The molecule has 0 aliphatic carbocycles. The lowest BCUT2D eigenvalue weighted by Crippen LogP contribution is -3.06. The predicted molar refractivity (Wildman–Crippen MR) is 121 cm³/mol. The summed E-state index contributed by atoms with van der Waals surface area (Å²) in [6.45, 7) is 3.43. The van der Waals surface area contributed by atoms with Gasteiger partial charge in [-0.25, -0.2) is 0 Å². The van der Waals surface area contributed by atoms with Crippen molar-refractivity contribution in [2.45, 2.75) is 19.8 Å². The standard InChI is InChI=1S/C24H22N2.C2H4O2/c1-2-9-19(10-3-1)24-21(20-11-5-6-12-22(20)25-24)15-17-26-16-14-18-8-4-7-13-23(18)26;1-2(3)4/h1-13,25H,14-17H2;1H3,(H,3,4)/p+1. The number of para-hydroxylation sites is 2. The Bertz CT molecular complexity index is 1140. The van der Waals surface area contributed by atoms with Crippen molar-refractivity contribution >= 4 is 22.6 Å². The molecule has 5 rings (SSSR count). The minimum atomic E-state index is -0.833. The molecule has 4 aromatic rings. The summed E-state index contributed by atoms with van der Waals surface area (Å²) in [5.41, 5.74) is 8.24. The molecule has 4 heteroatoms. The highest BCUT2D eigenvalue weighted by Gasteiger charge is 2.24. The molecule has 0 saturated heterocycles. The molecule has 2 heterocycles. The summed E-state index contributed by atoms with van der Waals surface area (Å²) in [6.07, 6.45) is 2.28. The first-order chi connectivity index (χ1) is 14.6. The van der Waals surface area contributed by atoms with Crippen LogP contribution >= 0.6 is 0 Å². The van der Waals surface area contributed by atoms with Gasteiger partial charge < -0.3 is 15.0 Å². The van der Waals surface area contributed by atoms with Gasteiger partial charge in [-0.2, -0.15) is 0 Å². The molecule has 0 amide bonds. The molecule has 3 N–H and O–H groups in total. The van der Waals surface area contributed by atoms with E-state index in [0.29, 0.717) is 0 Å². The molecule has 30 heavy (non-hydrogen) atoms. The Hall–Kier alpha value is -3.37. The molecule has 4 nitrogen and oxygen atoms in total. The third kappa shape index (κ3) is 4.29. The van der Waals surface area contributed by atoms with E-state index in [2.05, 4.69) is 83.8 Å². The third-order valence-corrected chi connectivity index (χ3v) is 5.65. The zero-order valence-corrected chi connectivity index (χ0v) is 17.2. The summed E-state index contributed by atoms with van der Waals surface area (Å²) in [5, 5.41) is 8.78. The van der Waals surface area contributed by atoms with Gasteiger partial charge in [0, 0.05) is 41.9 Å². The van der Waals surface area contributed by atoms with E-state index in [9.17, 15) is 0 Å². The van der Waals surface area contributed by atoms with Crippen molar-refractivity contribution in [3.8, 4) is 11.3 Å². The molecule has 152 valence electrons. The SMILES string of the molecule is CC(=O)O.c1ccc(-c2[nH]c3ccccc3c2CC[NH+]2CCc3ccccc32)cc1. The van der Waals surface area contributed by atoms with E-state index in [1.807, 2.05) is 0 Å². The average Bonchev–Trinajstić information content (AvgIpc) is 3.34. The number of carboxylic acids is 1. The molecule has 0 bridgehead atoms. The fourth-order valence-electron chi connectivity index (χ4n) is 4.35. The van der Waals surface area contributed by atoms with Gasteiger partial charge in [-0.3, -0.25) is 4.79 Å². The van der Waals surface area contributed by atoms with Crippen LogP contribution in [0.5, 0.6) is 0 Å². The van der Waals surface area contributed by atoms with E-state index in [4.69, 9.17) is 9.90 Å². The van der Waals surface area contributed by atoms with Gasteiger partial charge >= 0.3 is 0 Å². The summed E-state index contributed by atoms with van der Waals surface area (Å²) < 4.78 is 0. The van der Waals surface area contributed by atoms with E-state index in [-0.39, 0.29) is 0 Å². The smallest absolute Gasteiger partial charge is 0.300 e. The fraction of sp³-hybridized carbons (Fsp3) is 0.192. The van der Waals surface area contributed by atoms with Gasteiger partial charge in [0.05, 0.1) is 13.1 Å². The first-order valence-electron chi connectivity index (χ1n) is 10.4. The van der Waals surface area contributed by atoms with E-state index in [0.717, 1.165) is 19.9 Å². The number of fused-ring (bicyclic) bond motifs is 2. The molecule has 0 saturated carbocycles. The Kier molecular flexibility index (Phi) is 5.96. The summed E-state index contributed by atoms with van der Waals surface area (Å²) >= 11 is 0. The lowest BCUT2D eigenvalue weighted by atomic mass is 10.0. The third-order valence-electron chi connectivity index (χ3n) is 5.65. The van der Waals surface area contributed by atoms with Crippen LogP contribution < -0.4 is 4.90 Å². The van der Waals surface area contributed by atoms with Crippen molar-refractivity contribution in [1.82, 2.24) is 4.98 Å². The maximum absolute atomic E-state index is 9.00. The number of rotatable bonds is 4. The number of H-pyrrole nitrogens is 1. The van der Waals surface area contributed by atoms with Crippen molar-refractivity contribution in [1.29, 1.82) is 0 Å². The van der Waals surface area contributed by atoms with Gasteiger partial charge in [0.15, 0.2) is 0 Å². The van der Waals surface area contributed by atoms with Crippen molar-refractivity contribution < 1.29 is 14.8 Å². The molecular formula is C26H27N2O2+. The van der Waals surface area contributed by atoms with Crippen LogP contribution in [0.15, 0.2) is 78.9 Å². The molecule has 3 aromatic carbocycles. The number of hydrogen-bond donors (Lipinski definition) is 3. The average molecular weight is 400 g/mol. The number of carboxylic acid groups (broad SMARTS) is 1. The van der Waals surface area contributed by atoms with Gasteiger partial charge in [0.2, 0.25) is 0 Å². The molecule has 1 atom stereocenters. The van der Waals surface area contributed by atoms with Gasteiger partial charge in [-0.15, -0.1) is 0 Å². The Morgan fingerprint density at radius 2 is 1.63 bits per heavy atom. The number of hydrogen-bond acceptors (Lipinski definition) is 1. The van der Waals surface area contributed by atoms with Crippen molar-refractivity contribution in [2.75, 3.05) is 13.1 Å². The number of aliphatic carboxylic acids is 1. The topological polar surface area (TPSA) is 57.5 Å². The number of aromatic nitrogens is 1. The largest absolute Gasteiger partial charge is 0.481 e. The lowest BCUT2D eigenvalue weighted by molar-refractivity contribution is -0.825. The Labute approximate surface area is 176 Å². The monoisotopic (exact) mass is 399 g/mol. The van der Waals surface area contributed by atoms with Crippen LogP contribution in [-0.4, -0.2) is 29.1 Å². The Morgan fingerprint density at radius 3 is 2.43 bits per heavy atom. The molecule has 1 unspecified atom stereocenters. The molecule has 0 spiro atoms. The van der Waals surface area contributed by atoms with Crippen LogP contribution in [-0.2, 0) is 17.6 Å². The van der Waals surface area contributed by atoms with Crippen molar-refractivity contribution in [3.05, 3.63) is 90.0 Å². The van der Waals surface area contributed by atoms with Gasteiger partial charge in [-0.05, 0) is 23.3 Å². The number of benzene rings is 3. The molecule has 1 aromatic heterocycles. The van der Waals surface area contributed by atoms with Gasteiger partial charge in [-0.1, -0.05) is 66.7 Å². The maximum atomic E-state index is 9.00. The lowest BCUT2D eigenvalue weighted by Gasteiger charge is -2.14. The van der Waals surface area contributed by atoms with Gasteiger partial charge in [0.25, 0.3) is 5.97 Å². The Balaban J connectivity index is 0.000000503. The van der Waals surface area contributed by atoms with E-state index >= 15 is 0 Å².